The van der Waals surface area contributed by atoms with Crippen molar-refractivity contribution in [2.24, 2.45) is 5.92 Å². The van der Waals surface area contributed by atoms with Gasteiger partial charge in [0.05, 0.1) is 12.7 Å². The Morgan fingerprint density at radius 3 is 2.47 bits per heavy atom. The van der Waals surface area contributed by atoms with E-state index >= 15 is 0 Å². The molecule has 5 heteroatoms. The number of carbonyl (C=O) groups is 2. The summed E-state index contributed by atoms with van der Waals surface area (Å²) in [6.07, 6.45) is 6.88. The molecule has 0 spiro atoms. The quantitative estimate of drug-likeness (QED) is 0.183. The third-order valence-corrected chi connectivity index (χ3v) is 4.22. The van der Waals surface area contributed by atoms with Crippen LogP contribution in [0, 0.1) is 5.92 Å². The third kappa shape index (κ3) is 7.54. The molecule has 0 radical (unpaired) electrons. The predicted octanol–water partition coefficient (Wildman–Crippen LogP) is 5.95. The van der Waals surface area contributed by atoms with Gasteiger partial charge in [0.1, 0.15) is 30.3 Å². The first-order chi connectivity index (χ1) is 14.2. The molecule has 30 heavy (non-hydrogen) atoms. The van der Waals surface area contributed by atoms with E-state index in [-0.39, 0.29) is 29.6 Å². The van der Waals surface area contributed by atoms with E-state index < -0.39 is 5.97 Å². The number of Topliss-reactive ketones (excluding diaryl/α,β-unsaturated/α-hetero) is 1. The van der Waals surface area contributed by atoms with E-state index in [2.05, 4.69) is 12.7 Å². The molecule has 0 aliphatic rings. The summed E-state index contributed by atoms with van der Waals surface area (Å²) < 4.78 is 16.8. The maximum absolute atomic E-state index is 12.9. The monoisotopic (exact) mass is 414 g/mol. The molecule has 0 aliphatic carbocycles. The van der Waals surface area contributed by atoms with E-state index in [0.29, 0.717) is 29.9 Å². The van der Waals surface area contributed by atoms with Gasteiger partial charge in [-0.2, -0.15) is 0 Å². The fraction of sp³-hybridized carbons (Fsp3) is 0.440. The van der Waals surface area contributed by atoms with E-state index in [1.54, 1.807) is 18.2 Å². The van der Waals surface area contributed by atoms with Crippen molar-refractivity contribution >= 4 is 11.8 Å². The Kier molecular flexibility index (Phi) is 10.7. The minimum Gasteiger partial charge on any atom is -0.495 e. The molecule has 0 amide bonds. The Hall–Kier alpha value is -2.82. The Morgan fingerprint density at radius 2 is 1.90 bits per heavy atom. The summed E-state index contributed by atoms with van der Waals surface area (Å²) in [5, 5.41) is 0. The Labute approximate surface area is 180 Å². The average molecular weight is 415 g/mol. The maximum atomic E-state index is 12.9. The van der Waals surface area contributed by atoms with Crippen LogP contribution in [-0.4, -0.2) is 32.1 Å². The van der Waals surface area contributed by atoms with Crippen LogP contribution in [0.5, 0.6) is 11.5 Å². The van der Waals surface area contributed by atoms with Crippen LogP contribution in [0.15, 0.2) is 48.1 Å². The molecule has 1 aromatic rings. The van der Waals surface area contributed by atoms with Crippen molar-refractivity contribution in [2.75, 3.05) is 20.3 Å². The van der Waals surface area contributed by atoms with Crippen molar-refractivity contribution in [3.8, 4) is 11.5 Å². The van der Waals surface area contributed by atoms with E-state index in [0.717, 1.165) is 12.0 Å². The van der Waals surface area contributed by atoms with Gasteiger partial charge in [-0.25, -0.2) is 4.79 Å². The van der Waals surface area contributed by atoms with Gasteiger partial charge in [0, 0.05) is 6.42 Å². The van der Waals surface area contributed by atoms with Gasteiger partial charge in [-0.1, -0.05) is 45.6 Å². The number of hydrogen-bond donors (Lipinski definition) is 0. The highest BCUT2D eigenvalue weighted by Crippen LogP contribution is 2.34. The summed E-state index contributed by atoms with van der Waals surface area (Å²) in [6, 6.07) is 3.28. The normalized spacial score (nSPS) is 11.6. The van der Waals surface area contributed by atoms with Gasteiger partial charge < -0.3 is 14.2 Å². The van der Waals surface area contributed by atoms with Crippen molar-refractivity contribution < 1.29 is 23.8 Å². The first kappa shape index (κ1) is 25.2. The molecule has 0 unspecified atom stereocenters. The number of hydrogen-bond acceptors (Lipinski definition) is 5. The largest absolute Gasteiger partial charge is 0.495 e. The second kappa shape index (κ2) is 12.7. The standard InChI is InChI=1S/C25H34O5/c1-8-10-18(5)15-29-22-13-12-20(21(26)14-17(3)4)24(28-7)23(22)25(27)30-16-19(6)11-9-2/h9-13,17H,6,8,14-16H2,1-5,7H3/b11-9+,18-10-. The highest BCUT2D eigenvalue weighted by Gasteiger charge is 2.26. The van der Waals surface area contributed by atoms with Crippen molar-refractivity contribution in [3.05, 3.63) is 59.2 Å². The molecule has 164 valence electrons. The molecule has 0 saturated heterocycles. The highest BCUT2D eigenvalue weighted by molar-refractivity contribution is 6.05. The topological polar surface area (TPSA) is 61.8 Å². The number of methoxy groups -OCH3 is 1. The summed E-state index contributed by atoms with van der Waals surface area (Å²) >= 11 is 0. The smallest absolute Gasteiger partial charge is 0.346 e. The summed E-state index contributed by atoms with van der Waals surface area (Å²) in [7, 11) is 1.43. The van der Waals surface area contributed by atoms with Crippen molar-refractivity contribution in [1.29, 1.82) is 0 Å². The van der Waals surface area contributed by atoms with E-state index in [4.69, 9.17) is 14.2 Å². The first-order valence-electron chi connectivity index (χ1n) is 10.2. The van der Waals surface area contributed by atoms with Gasteiger partial charge in [-0.05, 0) is 49.5 Å². The second-order valence-corrected chi connectivity index (χ2v) is 7.52. The number of rotatable bonds is 12. The number of ether oxygens (including phenoxy) is 3. The molecule has 0 atom stereocenters. The summed E-state index contributed by atoms with van der Waals surface area (Å²) in [6.45, 7) is 14.0. The van der Waals surface area contributed by atoms with Gasteiger partial charge in [-0.3, -0.25) is 4.79 Å². The van der Waals surface area contributed by atoms with Gasteiger partial charge in [0.25, 0.3) is 0 Å². The lowest BCUT2D eigenvalue weighted by Crippen LogP contribution is -2.15. The molecule has 0 aromatic heterocycles. The van der Waals surface area contributed by atoms with Crippen LogP contribution in [0.2, 0.25) is 0 Å². The molecular weight excluding hydrogens is 380 g/mol. The third-order valence-electron chi connectivity index (χ3n) is 4.22. The molecule has 0 bridgehead atoms. The fourth-order valence-corrected chi connectivity index (χ4v) is 2.90. The molecular formula is C25H34O5. The minimum atomic E-state index is -0.621. The van der Waals surface area contributed by atoms with Gasteiger partial charge in [-0.15, -0.1) is 0 Å². The van der Waals surface area contributed by atoms with Crippen LogP contribution in [0.25, 0.3) is 0 Å². The zero-order chi connectivity index (χ0) is 22.7. The number of esters is 1. The van der Waals surface area contributed by atoms with Gasteiger partial charge in [0.2, 0.25) is 0 Å². The van der Waals surface area contributed by atoms with Crippen LogP contribution in [0.3, 0.4) is 0 Å². The average Bonchev–Trinajstić information content (AvgIpc) is 2.69. The lowest BCUT2D eigenvalue weighted by atomic mass is 9.98. The second-order valence-electron chi connectivity index (χ2n) is 7.52. The minimum absolute atomic E-state index is 0.0324. The Bertz CT molecular complexity index is 815. The molecule has 0 N–H and O–H groups in total. The molecule has 0 fully saturated rings. The number of benzene rings is 1. The Morgan fingerprint density at radius 1 is 1.20 bits per heavy atom. The lowest BCUT2D eigenvalue weighted by molar-refractivity contribution is 0.0535. The SMILES string of the molecule is C=C(/C=C/C)COC(=O)c1c(OC/C(C)=C\CC)ccc(C(=O)CC(C)C)c1OC. The fourth-order valence-electron chi connectivity index (χ4n) is 2.90. The molecule has 1 aromatic carbocycles. The zero-order valence-electron chi connectivity index (χ0n) is 19.0. The zero-order valence-corrected chi connectivity index (χ0v) is 19.0. The van der Waals surface area contributed by atoms with E-state index in [9.17, 15) is 9.59 Å². The molecule has 0 saturated carbocycles. The van der Waals surface area contributed by atoms with Crippen LogP contribution in [-0.2, 0) is 4.74 Å². The van der Waals surface area contributed by atoms with Crippen molar-refractivity contribution in [3.63, 3.8) is 0 Å². The summed E-state index contributed by atoms with van der Waals surface area (Å²) in [5.74, 6) is -0.0402. The number of allylic oxidation sites excluding steroid dienone is 2. The van der Waals surface area contributed by atoms with Crippen LogP contribution >= 0.6 is 0 Å². The molecule has 5 nitrogen and oxygen atoms in total. The van der Waals surface area contributed by atoms with Crippen molar-refractivity contribution in [2.45, 2.75) is 47.5 Å². The predicted molar refractivity (Wildman–Crippen MR) is 121 cm³/mol. The Balaban J connectivity index is 3.35. The van der Waals surface area contributed by atoms with Crippen molar-refractivity contribution in [1.82, 2.24) is 0 Å². The molecule has 0 aliphatic heterocycles. The van der Waals surface area contributed by atoms with Crippen LogP contribution < -0.4 is 9.47 Å². The van der Waals surface area contributed by atoms with E-state index in [1.807, 2.05) is 40.7 Å². The highest BCUT2D eigenvalue weighted by atomic mass is 16.5. The number of ketones is 1. The van der Waals surface area contributed by atoms with Crippen LogP contribution in [0.1, 0.15) is 68.2 Å². The maximum Gasteiger partial charge on any atom is 0.346 e. The lowest BCUT2D eigenvalue weighted by Gasteiger charge is -2.18. The number of carbonyl (C=O) groups excluding carboxylic acids is 2. The summed E-state index contributed by atoms with van der Waals surface area (Å²) in [4.78, 5) is 25.7. The van der Waals surface area contributed by atoms with Crippen LogP contribution in [0.4, 0.5) is 0 Å². The van der Waals surface area contributed by atoms with Gasteiger partial charge >= 0.3 is 5.97 Å². The molecule has 0 heterocycles. The summed E-state index contributed by atoms with van der Waals surface area (Å²) in [5.41, 5.74) is 2.15. The van der Waals surface area contributed by atoms with Gasteiger partial charge in [0.15, 0.2) is 5.78 Å². The molecule has 1 rings (SSSR count). The first-order valence-corrected chi connectivity index (χ1v) is 10.2. The van der Waals surface area contributed by atoms with E-state index in [1.165, 1.54) is 7.11 Å².